The Balaban J connectivity index is 1.87. The largest absolute Gasteiger partial charge is 0.497 e. The normalized spacial score (nSPS) is 19.4. The number of hydrogen-bond donors (Lipinski definition) is 2. The van der Waals surface area contributed by atoms with Crippen LogP contribution in [0, 0.1) is 11.8 Å². The van der Waals surface area contributed by atoms with Gasteiger partial charge in [-0.3, -0.25) is 4.79 Å². The summed E-state index contributed by atoms with van der Waals surface area (Å²) in [6.45, 7) is 4.22. The van der Waals surface area contributed by atoms with Gasteiger partial charge in [0.1, 0.15) is 5.75 Å². The van der Waals surface area contributed by atoms with Crippen molar-refractivity contribution in [3.05, 3.63) is 24.3 Å². The second-order valence-corrected chi connectivity index (χ2v) is 7.86. The van der Waals surface area contributed by atoms with Gasteiger partial charge in [0.05, 0.1) is 7.11 Å². The quantitative estimate of drug-likeness (QED) is 0.664. The van der Waals surface area contributed by atoms with Crippen molar-refractivity contribution in [1.29, 1.82) is 0 Å². The molecule has 1 heterocycles. The summed E-state index contributed by atoms with van der Waals surface area (Å²) in [5.74, 6) is 2.46. The minimum absolute atomic E-state index is 0.0930. The first-order chi connectivity index (χ1) is 13.1. The second kappa shape index (κ2) is 11.1. The number of piperidine rings is 1. The van der Waals surface area contributed by atoms with Gasteiger partial charge >= 0.3 is 6.03 Å². The lowest BCUT2D eigenvalue weighted by Crippen LogP contribution is -2.46. The van der Waals surface area contributed by atoms with Crippen LogP contribution in [0.4, 0.5) is 10.5 Å². The zero-order valence-electron chi connectivity index (χ0n) is 16.5. The monoisotopic (exact) mass is 393 g/mol. The highest BCUT2D eigenvalue weighted by atomic mass is 32.2. The lowest BCUT2D eigenvalue weighted by molar-refractivity contribution is -0.122. The summed E-state index contributed by atoms with van der Waals surface area (Å²) >= 11 is 1.73. The molecule has 0 aliphatic carbocycles. The van der Waals surface area contributed by atoms with Crippen LogP contribution >= 0.6 is 11.8 Å². The Kier molecular flexibility index (Phi) is 8.78. The molecule has 3 amide bonds. The van der Waals surface area contributed by atoms with Crippen molar-refractivity contribution >= 4 is 29.4 Å². The van der Waals surface area contributed by atoms with E-state index in [1.165, 1.54) is 0 Å². The van der Waals surface area contributed by atoms with Gasteiger partial charge in [-0.25, -0.2) is 4.79 Å². The van der Waals surface area contributed by atoms with E-state index in [-0.39, 0.29) is 11.9 Å². The number of carbonyl (C=O) groups is 2. The summed E-state index contributed by atoms with van der Waals surface area (Å²) < 4.78 is 5.20. The first-order valence-electron chi connectivity index (χ1n) is 9.53. The molecule has 0 bridgehead atoms. The minimum atomic E-state index is -0.0930. The van der Waals surface area contributed by atoms with E-state index in [4.69, 9.17) is 4.74 Å². The molecule has 150 valence electrons. The van der Waals surface area contributed by atoms with Crippen molar-refractivity contribution in [2.24, 2.45) is 11.8 Å². The number of benzene rings is 1. The van der Waals surface area contributed by atoms with E-state index >= 15 is 0 Å². The summed E-state index contributed by atoms with van der Waals surface area (Å²) in [4.78, 5) is 26.6. The third-order valence-electron chi connectivity index (χ3n) is 5.10. The average molecular weight is 394 g/mol. The average Bonchev–Trinajstić information content (AvgIpc) is 2.68. The topological polar surface area (TPSA) is 70.7 Å². The van der Waals surface area contributed by atoms with Crippen molar-refractivity contribution in [2.45, 2.75) is 26.2 Å². The Morgan fingerprint density at radius 1 is 1.33 bits per heavy atom. The third kappa shape index (κ3) is 6.65. The molecular weight excluding hydrogens is 362 g/mol. The van der Waals surface area contributed by atoms with E-state index in [1.807, 2.05) is 29.4 Å². The fourth-order valence-corrected chi connectivity index (χ4v) is 3.81. The Hall–Kier alpha value is -1.89. The van der Waals surface area contributed by atoms with Crippen LogP contribution in [0.1, 0.15) is 26.2 Å². The molecule has 0 spiro atoms. The molecule has 2 atom stereocenters. The van der Waals surface area contributed by atoms with E-state index in [9.17, 15) is 9.59 Å². The summed E-state index contributed by atoms with van der Waals surface area (Å²) in [5.41, 5.74) is 0.725. The number of nitrogens with one attached hydrogen (secondary N) is 2. The Morgan fingerprint density at radius 2 is 2.15 bits per heavy atom. The fraction of sp³-hybridized carbons (Fsp3) is 0.600. The molecule has 6 nitrogen and oxygen atoms in total. The summed E-state index contributed by atoms with van der Waals surface area (Å²) in [7, 11) is 1.61. The van der Waals surface area contributed by atoms with Crippen LogP contribution < -0.4 is 15.4 Å². The molecule has 1 fully saturated rings. The molecule has 2 rings (SSSR count). The summed E-state index contributed by atoms with van der Waals surface area (Å²) in [6.07, 6.45) is 4.41. The maximum Gasteiger partial charge on any atom is 0.321 e. The third-order valence-corrected chi connectivity index (χ3v) is 5.71. The van der Waals surface area contributed by atoms with Crippen LogP contribution in [-0.4, -0.2) is 55.6 Å². The standard InChI is InChI=1S/C20H31N3O3S/c1-4-15-14-23(10-8-16(15)12-19(24)21-9-11-27-3)20(25)22-17-6-5-7-18(13-17)26-2/h5-7,13,15-16H,4,8-12,14H2,1-3H3,(H,21,24)(H,22,25)/t15-,16-/m0/s1. The van der Waals surface area contributed by atoms with Gasteiger partial charge in [-0.05, 0) is 36.6 Å². The minimum Gasteiger partial charge on any atom is -0.497 e. The Labute approximate surface area is 166 Å². The zero-order chi connectivity index (χ0) is 19.6. The number of anilines is 1. The molecule has 0 saturated carbocycles. The smallest absolute Gasteiger partial charge is 0.321 e. The number of carbonyl (C=O) groups excluding carboxylic acids is 2. The van der Waals surface area contributed by atoms with Gasteiger partial charge in [0.2, 0.25) is 5.91 Å². The summed E-state index contributed by atoms with van der Waals surface area (Å²) in [6, 6.07) is 7.26. The summed E-state index contributed by atoms with van der Waals surface area (Å²) in [5, 5.41) is 5.93. The Morgan fingerprint density at radius 3 is 2.85 bits per heavy atom. The highest BCUT2D eigenvalue weighted by Gasteiger charge is 2.31. The van der Waals surface area contributed by atoms with Gasteiger partial charge in [-0.15, -0.1) is 0 Å². The van der Waals surface area contributed by atoms with Crippen molar-refractivity contribution in [1.82, 2.24) is 10.2 Å². The van der Waals surface area contributed by atoms with Crippen molar-refractivity contribution in [3.8, 4) is 5.75 Å². The SMILES string of the molecule is CC[C@H]1CN(C(=O)Nc2cccc(OC)c2)CC[C@H]1CC(=O)NCCSC. The number of rotatable bonds is 8. The molecule has 1 aliphatic rings. The molecule has 1 aromatic carbocycles. The van der Waals surface area contributed by atoms with Crippen molar-refractivity contribution < 1.29 is 14.3 Å². The highest BCUT2D eigenvalue weighted by Crippen LogP contribution is 2.29. The predicted octanol–water partition coefficient (Wildman–Crippen LogP) is 3.44. The first kappa shape index (κ1) is 21.4. The van der Waals surface area contributed by atoms with E-state index in [1.54, 1.807) is 24.9 Å². The van der Waals surface area contributed by atoms with Gasteiger partial charge in [0.15, 0.2) is 0 Å². The number of ether oxygens (including phenoxy) is 1. The number of likely N-dealkylation sites (tertiary alicyclic amines) is 1. The zero-order valence-corrected chi connectivity index (χ0v) is 17.3. The molecular formula is C20H31N3O3S. The van der Waals surface area contributed by atoms with E-state index in [0.29, 0.717) is 37.1 Å². The molecule has 1 aromatic rings. The van der Waals surface area contributed by atoms with E-state index < -0.39 is 0 Å². The van der Waals surface area contributed by atoms with Gasteiger partial charge in [-0.1, -0.05) is 19.4 Å². The lowest BCUT2D eigenvalue weighted by atomic mass is 9.81. The highest BCUT2D eigenvalue weighted by molar-refractivity contribution is 7.98. The predicted molar refractivity (Wildman–Crippen MR) is 111 cm³/mol. The van der Waals surface area contributed by atoms with Crippen LogP contribution in [-0.2, 0) is 4.79 Å². The number of thioether (sulfide) groups is 1. The fourth-order valence-electron chi connectivity index (χ4n) is 3.50. The van der Waals surface area contributed by atoms with Gasteiger partial charge in [-0.2, -0.15) is 11.8 Å². The number of urea groups is 1. The van der Waals surface area contributed by atoms with Gasteiger partial charge in [0.25, 0.3) is 0 Å². The molecule has 2 N–H and O–H groups in total. The Bertz CT molecular complexity index is 626. The molecule has 0 radical (unpaired) electrons. The number of nitrogens with zero attached hydrogens (tertiary/aromatic N) is 1. The number of hydrogen-bond acceptors (Lipinski definition) is 4. The second-order valence-electron chi connectivity index (χ2n) is 6.87. The molecule has 1 aliphatic heterocycles. The molecule has 7 heteroatoms. The number of methoxy groups -OCH3 is 1. The van der Waals surface area contributed by atoms with Crippen molar-refractivity contribution in [3.63, 3.8) is 0 Å². The number of amides is 3. The molecule has 0 unspecified atom stereocenters. The van der Waals surface area contributed by atoms with E-state index in [0.717, 1.165) is 30.8 Å². The first-order valence-corrected chi connectivity index (χ1v) is 10.9. The lowest BCUT2D eigenvalue weighted by Gasteiger charge is -2.38. The van der Waals surface area contributed by atoms with Gasteiger partial charge in [0, 0.05) is 43.6 Å². The molecule has 27 heavy (non-hydrogen) atoms. The molecule has 0 aromatic heterocycles. The van der Waals surface area contributed by atoms with Crippen LogP contribution in [0.15, 0.2) is 24.3 Å². The van der Waals surface area contributed by atoms with Gasteiger partial charge < -0.3 is 20.3 Å². The maximum atomic E-state index is 12.6. The van der Waals surface area contributed by atoms with Crippen molar-refractivity contribution in [2.75, 3.05) is 44.1 Å². The molecule has 1 saturated heterocycles. The van der Waals surface area contributed by atoms with Crippen LogP contribution in [0.5, 0.6) is 5.75 Å². The van der Waals surface area contributed by atoms with E-state index in [2.05, 4.69) is 17.6 Å². The van der Waals surface area contributed by atoms with Crippen LogP contribution in [0.3, 0.4) is 0 Å². The van der Waals surface area contributed by atoms with Crippen LogP contribution in [0.25, 0.3) is 0 Å². The van der Waals surface area contributed by atoms with Crippen LogP contribution in [0.2, 0.25) is 0 Å². The maximum absolute atomic E-state index is 12.6.